The van der Waals surface area contributed by atoms with Gasteiger partial charge < -0.3 is 14.8 Å². The Labute approximate surface area is 145 Å². The Balaban J connectivity index is 2.17. The second-order valence-corrected chi connectivity index (χ2v) is 5.06. The molecule has 0 spiro atoms. The Morgan fingerprint density at radius 1 is 1.19 bits per heavy atom. The number of hydrogen-bond acceptors (Lipinski definition) is 5. The van der Waals surface area contributed by atoms with Crippen LogP contribution in [0.2, 0.25) is 0 Å². The number of hydrogen-bond donors (Lipinski definition) is 1. The van der Waals surface area contributed by atoms with Crippen LogP contribution in [0.25, 0.3) is 0 Å². The molecule has 26 heavy (non-hydrogen) atoms. The lowest BCUT2D eigenvalue weighted by Crippen LogP contribution is -2.30. The fourth-order valence-electron chi connectivity index (χ4n) is 1.97. The topological polar surface area (TPSA) is 90.7 Å². The van der Waals surface area contributed by atoms with Gasteiger partial charge in [-0.2, -0.15) is 0 Å². The molecular formula is C16H13F3N2O5. The van der Waals surface area contributed by atoms with Crippen molar-refractivity contribution in [1.29, 1.82) is 0 Å². The molecule has 0 aliphatic carbocycles. The first-order valence-corrected chi connectivity index (χ1v) is 7.18. The number of carbonyl (C=O) groups excluding carboxylic acids is 1. The zero-order valence-corrected chi connectivity index (χ0v) is 13.6. The van der Waals surface area contributed by atoms with E-state index in [2.05, 4.69) is 0 Å². The zero-order chi connectivity index (χ0) is 19.4. The van der Waals surface area contributed by atoms with Crippen LogP contribution < -0.4 is 14.8 Å². The average molecular weight is 370 g/mol. The van der Waals surface area contributed by atoms with Crippen molar-refractivity contribution in [2.24, 2.45) is 0 Å². The monoisotopic (exact) mass is 370 g/mol. The summed E-state index contributed by atoms with van der Waals surface area (Å²) in [7, 11) is 1.33. The van der Waals surface area contributed by atoms with Crippen LogP contribution in [0.3, 0.4) is 0 Å². The van der Waals surface area contributed by atoms with Crippen LogP contribution in [0.5, 0.6) is 11.5 Å². The molecule has 1 atom stereocenters. The molecule has 0 aliphatic rings. The third-order valence-electron chi connectivity index (χ3n) is 3.33. The van der Waals surface area contributed by atoms with Gasteiger partial charge in [0.15, 0.2) is 29.3 Å². The molecule has 0 aromatic heterocycles. The van der Waals surface area contributed by atoms with Gasteiger partial charge in [0.2, 0.25) is 0 Å². The average Bonchev–Trinajstić information content (AvgIpc) is 2.62. The highest BCUT2D eigenvalue weighted by molar-refractivity contribution is 5.94. The van der Waals surface area contributed by atoms with Crippen LogP contribution in [-0.4, -0.2) is 24.0 Å². The molecule has 0 radical (unpaired) electrons. The van der Waals surface area contributed by atoms with Gasteiger partial charge >= 0.3 is 5.69 Å². The lowest BCUT2D eigenvalue weighted by Gasteiger charge is -2.15. The molecule has 1 N–H and O–H groups in total. The number of methoxy groups -OCH3 is 1. The molecule has 7 nitrogen and oxygen atoms in total. The van der Waals surface area contributed by atoms with Gasteiger partial charge in [0, 0.05) is 0 Å². The predicted octanol–water partition coefficient (Wildman–Crippen LogP) is 3.43. The van der Waals surface area contributed by atoms with Gasteiger partial charge in [-0.25, -0.2) is 13.2 Å². The molecule has 0 aliphatic heterocycles. The number of carbonyl (C=O) groups is 1. The van der Waals surface area contributed by atoms with E-state index in [0.29, 0.717) is 6.07 Å². The summed E-state index contributed by atoms with van der Waals surface area (Å²) in [6, 6.07) is 5.22. The number of anilines is 1. The molecule has 0 fully saturated rings. The number of nitro groups is 1. The first-order chi connectivity index (χ1) is 12.2. The van der Waals surface area contributed by atoms with Gasteiger partial charge in [0.1, 0.15) is 5.75 Å². The third kappa shape index (κ3) is 4.02. The molecule has 0 bridgehead atoms. The summed E-state index contributed by atoms with van der Waals surface area (Å²) in [5.41, 5.74) is -1.03. The second-order valence-electron chi connectivity index (χ2n) is 5.06. The standard InChI is InChI=1S/C16H13F3N2O5/c1-8(16(22)20-11-5-4-10(17)14(18)15(11)19)26-13-6-3-9(25-2)7-12(13)21(23)24/h3-8H,1-2H3,(H,20,22)/t8-/m0/s1. The van der Waals surface area contributed by atoms with E-state index in [1.54, 1.807) is 0 Å². The van der Waals surface area contributed by atoms with E-state index >= 15 is 0 Å². The minimum Gasteiger partial charge on any atom is -0.496 e. The first kappa shape index (κ1) is 19.0. The highest BCUT2D eigenvalue weighted by Crippen LogP contribution is 2.32. The maximum atomic E-state index is 13.6. The molecule has 0 saturated carbocycles. The van der Waals surface area contributed by atoms with Crippen molar-refractivity contribution in [1.82, 2.24) is 0 Å². The predicted molar refractivity (Wildman–Crippen MR) is 84.7 cm³/mol. The summed E-state index contributed by atoms with van der Waals surface area (Å²) in [6.45, 7) is 1.25. The summed E-state index contributed by atoms with van der Waals surface area (Å²) in [4.78, 5) is 22.4. The lowest BCUT2D eigenvalue weighted by atomic mass is 10.2. The molecule has 2 aromatic carbocycles. The number of nitro benzene ring substituents is 1. The highest BCUT2D eigenvalue weighted by Gasteiger charge is 2.23. The number of rotatable bonds is 6. The Hall–Kier alpha value is -3.30. The fourth-order valence-corrected chi connectivity index (χ4v) is 1.97. The van der Waals surface area contributed by atoms with Gasteiger partial charge in [0.05, 0.1) is 23.8 Å². The molecular weight excluding hydrogens is 357 g/mol. The van der Waals surface area contributed by atoms with Crippen LogP contribution in [0.15, 0.2) is 30.3 Å². The maximum Gasteiger partial charge on any atom is 0.314 e. The van der Waals surface area contributed by atoms with Crippen molar-refractivity contribution in [2.75, 3.05) is 12.4 Å². The minimum atomic E-state index is -1.73. The number of nitrogens with one attached hydrogen (secondary N) is 1. The van der Waals surface area contributed by atoms with E-state index in [-0.39, 0.29) is 11.5 Å². The van der Waals surface area contributed by atoms with Crippen molar-refractivity contribution < 1.29 is 32.4 Å². The van der Waals surface area contributed by atoms with Crippen LogP contribution in [0.4, 0.5) is 24.5 Å². The van der Waals surface area contributed by atoms with E-state index in [1.165, 1.54) is 26.2 Å². The maximum absolute atomic E-state index is 13.6. The minimum absolute atomic E-state index is 0.213. The molecule has 10 heteroatoms. The zero-order valence-electron chi connectivity index (χ0n) is 13.6. The summed E-state index contributed by atoms with van der Waals surface area (Å²) < 4.78 is 49.8. The molecule has 1 amide bonds. The Kier molecular flexibility index (Phi) is 5.65. The summed E-state index contributed by atoms with van der Waals surface area (Å²) in [6.07, 6.45) is -1.30. The molecule has 0 saturated heterocycles. The number of amides is 1. The van der Waals surface area contributed by atoms with Gasteiger partial charge in [-0.1, -0.05) is 0 Å². The van der Waals surface area contributed by atoms with Crippen molar-refractivity contribution in [2.45, 2.75) is 13.0 Å². The quantitative estimate of drug-likeness (QED) is 0.478. The first-order valence-electron chi connectivity index (χ1n) is 7.18. The number of benzene rings is 2. The molecule has 2 aromatic rings. The normalized spacial score (nSPS) is 11.6. The SMILES string of the molecule is COc1ccc(O[C@@H](C)C(=O)Nc2ccc(F)c(F)c2F)c([N+](=O)[O-])c1. The second kappa shape index (κ2) is 7.72. The van der Waals surface area contributed by atoms with Crippen molar-refractivity contribution in [3.63, 3.8) is 0 Å². The summed E-state index contributed by atoms with van der Waals surface area (Å²) in [5.74, 6) is -5.63. The number of halogens is 3. The van der Waals surface area contributed by atoms with E-state index < -0.39 is 45.8 Å². The molecule has 0 unspecified atom stereocenters. The molecule has 2 rings (SSSR count). The largest absolute Gasteiger partial charge is 0.496 e. The van der Waals surface area contributed by atoms with Gasteiger partial charge in [-0.15, -0.1) is 0 Å². The number of ether oxygens (including phenoxy) is 2. The molecule has 0 heterocycles. The Bertz CT molecular complexity index is 860. The fraction of sp³-hybridized carbons (Fsp3) is 0.188. The van der Waals surface area contributed by atoms with Crippen molar-refractivity contribution in [3.05, 3.63) is 57.9 Å². The molecule has 138 valence electrons. The Morgan fingerprint density at radius 3 is 2.50 bits per heavy atom. The summed E-state index contributed by atoms with van der Waals surface area (Å²) in [5, 5.41) is 13.1. The third-order valence-corrected chi connectivity index (χ3v) is 3.33. The van der Waals surface area contributed by atoms with Gasteiger partial charge in [0.25, 0.3) is 5.91 Å². The van der Waals surface area contributed by atoms with E-state index in [1.807, 2.05) is 5.32 Å². The van der Waals surface area contributed by atoms with E-state index in [4.69, 9.17) is 9.47 Å². The van der Waals surface area contributed by atoms with Crippen molar-refractivity contribution >= 4 is 17.3 Å². The Morgan fingerprint density at radius 2 is 1.88 bits per heavy atom. The van der Waals surface area contributed by atoms with Crippen LogP contribution in [-0.2, 0) is 4.79 Å². The van der Waals surface area contributed by atoms with Crippen LogP contribution in [0.1, 0.15) is 6.92 Å². The van der Waals surface area contributed by atoms with Crippen LogP contribution >= 0.6 is 0 Å². The highest BCUT2D eigenvalue weighted by atomic mass is 19.2. The summed E-state index contributed by atoms with van der Waals surface area (Å²) >= 11 is 0. The van der Waals surface area contributed by atoms with E-state index in [0.717, 1.165) is 12.1 Å². The number of nitrogens with zero attached hydrogens (tertiary/aromatic N) is 1. The van der Waals surface area contributed by atoms with Gasteiger partial charge in [-0.05, 0) is 31.2 Å². The van der Waals surface area contributed by atoms with Gasteiger partial charge in [-0.3, -0.25) is 14.9 Å². The smallest absolute Gasteiger partial charge is 0.314 e. The van der Waals surface area contributed by atoms with Crippen LogP contribution in [0, 0.1) is 27.6 Å². The lowest BCUT2D eigenvalue weighted by molar-refractivity contribution is -0.386. The van der Waals surface area contributed by atoms with Crippen molar-refractivity contribution in [3.8, 4) is 11.5 Å². The van der Waals surface area contributed by atoms with E-state index in [9.17, 15) is 28.1 Å².